The van der Waals surface area contributed by atoms with E-state index in [4.69, 9.17) is 9.47 Å². The van der Waals surface area contributed by atoms with Gasteiger partial charge in [-0.05, 0) is 19.4 Å². The van der Waals surface area contributed by atoms with Crippen LogP contribution in [0.25, 0.3) is 0 Å². The van der Waals surface area contributed by atoms with Gasteiger partial charge in [0.05, 0.1) is 13.2 Å². The molecule has 1 aromatic rings. The van der Waals surface area contributed by atoms with Gasteiger partial charge in [-0.25, -0.2) is 9.78 Å². The summed E-state index contributed by atoms with van der Waals surface area (Å²) in [5, 5.41) is 11.7. The molecule has 1 aromatic heterocycles. The van der Waals surface area contributed by atoms with Crippen molar-refractivity contribution >= 4 is 11.9 Å². The lowest BCUT2D eigenvalue weighted by atomic mass is 9.98. The number of nitrogens with one attached hydrogen (secondary N) is 1. The Balaban J connectivity index is 2.08. The van der Waals surface area contributed by atoms with Gasteiger partial charge in [-0.2, -0.15) is 0 Å². The molecule has 0 bridgehead atoms. The van der Waals surface area contributed by atoms with Crippen molar-refractivity contribution in [3.63, 3.8) is 0 Å². The molecule has 2 rings (SSSR count). The molecule has 0 aromatic carbocycles. The molecular weight excluding hydrogens is 288 g/mol. The summed E-state index contributed by atoms with van der Waals surface area (Å²) >= 11 is 0. The number of hydrogen-bond acceptors (Lipinski definition) is 5. The standard InChI is InChI=1S/C15H20N2O5/c1-3-15(2,14(19)20)17-13(18)10-4-6-16-12(8-10)22-11-5-7-21-9-11/h4,6,8,11H,3,5,7,9H2,1-2H3,(H,17,18)(H,19,20). The maximum absolute atomic E-state index is 12.2. The molecule has 1 fully saturated rings. The van der Waals surface area contributed by atoms with Gasteiger partial charge in [0.2, 0.25) is 5.88 Å². The van der Waals surface area contributed by atoms with Gasteiger partial charge < -0.3 is 19.9 Å². The number of nitrogens with zero attached hydrogens (tertiary/aromatic N) is 1. The molecule has 1 aliphatic heterocycles. The number of carbonyl (C=O) groups is 2. The van der Waals surface area contributed by atoms with Crippen molar-refractivity contribution in [1.82, 2.24) is 10.3 Å². The molecule has 1 amide bonds. The highest BCUT2D eigenvalue weighted by atomic mass is 16.5. The first kappa shape index (κ1) is 16.2. The molecule has 7 nitrogen and oxygen atoms in total. The lowest BCUT2D eigenvalue weighted by molar-refractivity contribution is -0.143. The molecule has 2 atom stereocenters. The van der Waals surface area contributed by atoms with Gasteiger partial charge in [-0.15, -0.1) is 0 Å². The van der Waals surface area contributed by atoms with Crippen molar-refractivity contribution in [2.24, 2.45) is 0 Å². The van der Waals surface area contributed by atoms with Gasteiger partial charge in [-0.1, -0.05) is 6.92 Å². The summed E-state index contributed by atoms with van der Waals surface area (Å²) in [5.41, 5.74) is -0.995. The molecule has 0 aliphatic carbocycles. The van der Waals surface area contributed by atoms with E-state index in [1.807, 2.05) is 0 Å². The predicted molar refractivity (Wildman–Crippen MR) is 77.9 cm³/mol. The molecule has 7 heteroatoms. The number of carbonyl (C=O) groups excluding carboxylic acids is 1. The minimum Gasteiger partial charge on any atom is -0.480 e. The van der Waals surface area contributed by atoms with Crippen molar-refractivity contribution in [2.45, 2.75) is 38.3 Å². The Labute approximate surface area is 128 Å². The van der Waals surface area contributed by atoms with E-state index < -0.39 is 17.4 Å². The average Bonchev–Trinajstić information content (AvgIpc) is 3.00. The number of aromatic nitrogens is 1. The third-order valence-corrected chi connectivity index (χ3v) is 3.74. The Morgan fingerprint density at radius 1 is 1.59 bits per heavy atom. The summed E-state index contributed by atoms with van der Waals surface area (Å²) in [6, 6.07) is 3.02. The van der Waals surface area contributed by atoms with Gasteiger partial charge in [0.25, 0.3) is 5.91 Å². The molecular formula is C15H20N2O5. The van der Waals surface area contributed by atoms with E-state index in [0.29, 0.717) is 24.7 Å². The number of ether oxygens (including phenoxy) is 2. The maximum atomic E-state index is 12.2. The molecule has 2 heterocycles. The number of carboxylic acids is 1. The minimum absolute atomic E-state index is 0.0641. The minimum atomic E-state index is -1.30. The number of rotatable bonds is 6. The van der Waals surface area contributed by atoms with Gasteiger partial charge in [-0.3, -0.25) is 4.79 Å². The van der Waals surface area contributed by atoms with Crippen LogP contribution in [0, 0.1) is 0 Å². The smallest absolute Gasteiger partial charge is 0.329 e. The molecule has 0 radical (unpaired) electrons. The van der Waals surface area contributed by atoms with Gasteiger partial charge in [0.15, 0.2) is 0 Å². The fourth-order valence-corrected chi connectivity index (χ4v) is 2.01. The number of aliphatic carboxylic acids is 1. The summed E-state index contributed by atoms with van der Waals surface area (Å²) in [4.78, 5) is 27.5. The summed E-state index contributed by atoms with van der Waals surface area (Å²) in [6.45, 7) is 4.33. The van der Waals surface area contributed by atoms with Crippen LogP contribution in [0.5, 0.6) is 5.88 Å². The summed E-state index contributed by atoms with van der Waals surface area (Å²) < 4.78 is 10.9. The summed E-state index contributed by atoms with van der Waals surface area (Å²) in [7, 11) is 0. The highest BCUT2D eigenvalue weighted by Gasteiger charge is 2.33. The number of hydrogen-bond donors (Lipinski definition) is 2. The second-order valence-electron chi connectivity index (χ2n) is 5.43. The van der Waals surface area contributed by atoms with Crippen molar-refractivity contribution in [2.75, 3.05) is 13.2 Å². The summed E-state index contributed by atoms with van der Waals surface area (Å²) in [5.74, 6) is -1.21. The average molecular weight is 308 g/mol. The van der Waals surface area contributed by atoms with Crippen LogP contribution in [0.15, 0.2) is 18.3 Å². The summed E-state index contributed by atoms with van der Waals surface area (Å²) in [6.07, 6.45) is 2.46. The van der Waals surface area contributed by atoms with E-state index in [0.717, 1.165) is 6.42 Å². The first-order valence-electron chi connectivity index (χ1n) is 7.21. The first-order valence-corrected chi connectivity index (χ1v) is 7.21. The SMILES string of the molecule is CCC(C)(NC(=O)c1ccnc(OC2CCOC2)c1)C(=O)O. The van der Waals surface area contributed by atoms with E-state index >= 15 is 0 Å². The fraction of sp³-hybridized carbons (Fsp3) is 0.533. The molecule has 1 saturated heterocycles. The van der Waals surface area contributed by atoms with Crippen LogP contribution in [0.1, 0.15) is 37.0 Å². The molecule has 22 heavy (non-hydrogen) atoms. The zero-order chi connectivity index (χ0) is 16.2. The normalized spacial score (nSPS) is 20.2. The van der Waals surface area contributed by atoms with Crippen LogP contribution in [0.4, 0.5) is 0 Å². The van der Waals surface area contributed by atoms with E-state index in [-0.39, 0.29) is 12.5 Å². The molecule has 1 aliphatic rings. The lowest BCUT2D eigenvalue weighted by Gasteiger charge is -2.24. The zero-order valence-electron chi connectivity index (χ0n) is 12.7. The lowest BCUT2D eigenvalue weighted by Crippen LogP contribution is -2.51. The fourth-order valence-electron chi connectivity index (χ4n) is 2.01. The van der Waals surface area contributed by atoms with E-state index in [9.17, 15) is 14.7 Å². The van der Waals surface area contributed by atoms with Crippen LogP contribution in [0.2, 0.25) is 0 Å². The van der Waals surface area contributed by atoms with Crippen molar-refractivity contribution in [1.29, 1.82) is 0 Å². The quantitative estimate of drug-likeness (QED) is 0.820. The Morgan fingerprint density at radius 2 is 2.36 bits per heavy atom. The first-order chi connectivity index (χ1) is 10.4. The topological polar surface area (TPSA) is 97.8 Å². The number of pyridine rings is 1. The van der Waals surface area contributed by atoms with Crippen LogP contribution in [0.3, 0.4) is 0 Å². The molecule has 2 N–H and O–H groups in total. The van der Waals surface area contributed by atoms with Crippen LogP contribution in [-0.4, -0.2) is 46.8 Å². The maximum Gasteiger partial charge on any atom is 0.329 e. The number of amides is 1. The van der Waals surface area contributed by atoms with Gasteiger partial charge in [0, 0.05) is 24.2 Å². The third-order valence-electron chi connectivity index (χ3n) is 3.74. The highest BCUT2D eigenvalue weighted by Crippen LogP contribution is 2.17. The van der Waals surface area contributed by atoms with Crippen LogP contribution in [-0.2, 0) is 9.53 Å². The van der Waals surface area contributed by atoms with Crippen LogP contribution < -0.4 is 10.1 Å². The predicted octanol–water partition coefficient (Wildman–Crippen LogP) is 1.23. The Kier molecular flexibility index (Phi) is 4.97. The van der Waals surface area contributed by atoms with Gasteiger partial charge >= 0.3 is 5.97 Å². The van der Waals surface area contributed by atoms with Crippen molar-refractivity contribution < 1.29 is 24.2 Å². The van der Waals surface area contributed by atoms with Crippen molar-refractivity contribution in [3.8, 4) is 5.88 Å². The number of carboxylic acid groups (broad SMARTS) is 1. The molecule has 0 saturated carbocycles. The van der Waals surface area contributed by atoms with Crippen LogP contribution >= 0.6 is 0 Å². The van der Waals surface area contributed by atoms with E-state index in [1.165, 1.54) is 25.3 Å². The second-order valence-corrected chi connectivity index (χ2v) is 5.43. The molecule has 0 spiro atoms. The zero-order valence-corrected chi connectivity index (χ0v) is 12.7. The Morgan fingerprint density at radius 3 is 2.95 bits per heavy atom. The Bertz CT molecular complexity index is 557. The van der Waals surface area contributed by atoms with E-state index in [1.54, 1.807) is 6.92 Å². The molecule has 120 valence electrons. The Hall–Kier alpha value is -2.15. The van der Waals surface area contributed by atoms with E-state index in [2.05, 4.69) is 10.3 Å². The largest absolute Gasteiger partial charge is 0.480 e. The van der Waals surface area contributed by atoms with Crippen molar-refractivity contribution in [3.05, 3.63) is 23.9 Å². The monoisotopic (exact) mass is 308 g/mol. The van der Waals surface area contributed by atoms with Gasteiger partial charge in [0.1, 0.15) is 11.6 Å². The highest BCUT2D eigenvalue weighted by molar-refractivity contribution is 5.97. The third kappa shape index (κ3) is 3.73. The second kappa shape index (κ2) is 6.74. The molecule has 2 unspecified atom stereocenters.